The van der Waals surface area contributed by atoms with Crippen molar-refractivity contribution in [3.63, 3.8) is 0 Å². The van der Waals surface area contributed by atoms with Gasteiger partial charge in [0.1, 0.15) is 0 Å². The summed E-state index contributed by atoms with van der Waals surface area (Å²) < 4.78 is 0. The van der Waals surface area contributed by atoms with E-state index in [4.69, 9.17) is 9.97 Å². The van der Waals surface area contributed by atoms with E-state index < -0.39 is 0 Å². The van der Waals surface area contributed by atoms with Crippen LogP contribution in [0.3, 0.4) is 0 Å². The van der Waals surface area contributed by atoms with E-state index in [1.807, 2.05) is 0 Å². The topological polar surface area (TPSA) is 25.8 Å². The number of fused-ring (bicyclic) bond motifs is 2. The molecule has 0 aliphatic heterocycles. The summed E-state index contributed by atoms with van der Waals surface area (Å²) in [5.41, 5.74) is 14.8. The number of nitrogens with zero attached hydrogens (tertiary/aromatic N) is 2. The van der Waals surface area contributed by atoms with Crippen molar-refractivity contribution in [1.82, 2.24) is 9.97 Å². The van der Waals surface area contributed by atoms with Crippen molar-refractivity contribution >= 4 is 28.0 Å². The molecule has 2 aliphatic carbocycles. The molecule has 5 aromatic carbocycles. The number of aryl methyl sites for hydroxylation is 1. The number of rotatable bonds is 10. The maximum absolute atomic E-state index is 5.17. The van der Waals surface area contributed by atoms with Crippen LogP contribution in [0.4, 0.5) is 0 Å². The predicted molar refractivity (Wildman–Crippen MR) is 230 cm³/mol. The average Bonchev–Trinajstić information content (AvgIpc) is 3.24. The van der Waals surface area contributed by atoms with Crippen LogP contribution < -0.4 is 0 Å². The smallest absolute Gasteiger partial charge is 0.160 e. The second kappa shape index (κ2) is 15.4. The molecule has 268 valence electrons. The molecular weight excluding hydrogens is 653 g/mol. The van der Waals surface area contributed by atoms with Gasteiger partial charge in [0, 0.05) is 28.0 Å². The minimum atomic E-state index is -0.0833. The number of hydrogen-bond acceptors (Lipinski definition) is 2. The molecule has 0 radical (unpaired) electrons. The predicted octanol–water partition coefficient (Wildman–Crippen LogP) is 14.0. The minimum absolute atomic E-state index is 0.0833. The highest BCUT2D eigenvalue weighted by molar-refractivity contribution is 5.96. The quantitative estimate of drug-likeness (QED) is 0.142. The van der Waals surface area contributed by atoms with Gasteiger partial charge in [-0.2, -0.15) is 0 Å². The van der Waals surface area contributed by atoms with Crippen LogP contribution in [0.2, 0.25) is 0 Å². The van der Waals surface area contributed by atoms with E-state index in [1.54, 1.807) is 0 Å². The van der Waals surface area contributed by atoms with Crippen LogP contribution in [-0.4, -0.2) is 9.97 Å². The summed E-state index contributed by atoms with van der Waals surface area (Å²) in [6, 6.07) is 42.6. The van der Waals surface area contributed by atoms with Gasteiger partial charge in [0.15, 0.2) is 5.82 Å². The van der Waals surface area contributed by atoms with Gasteiger partial charge in [-0.05, 0) is 101 Å². The monoisotopic (exact) mass is 702 g/mol. The Kier molecular flexibility index (Phi) is 10.1. The Morgan fingerprint density at radius 2 is 1.43 bits per heavy atom. The molecule has 0 spiro atoms. The van der Waals surface area contributed by atoms with Crippen LogP contribution in [0.5, 0.6) is 0 Å². The Hall–Kier alpha value is -5.60. The van der Waals surface area contributed by atoms with Crippen molar-refractivity contribution in [2.75, 3.05) is 0 Å². The lowest BCUT2D eigenvalue weighted by atomic mass is 9.70. The summed E-state index contributed by atoms with van der Waals surface area (Å²) in [5.74, 6) is 1.13. The molecule has 6 aromatic rings. The highest BCUT2D eigenvalue weighted by Gasteiger charge is 2.31. The molecule has 0 fully saturated rings. The molecule has 1 heterocycles. The van der Waals surface area contributed by atoms with E-state index in [2.05, 4.69) is 179 Å². The van der Waals surface area contributed by atoms with Crippen molar-refractivity contribution in [3.8, 4) is 22.5 Å². The second-order valence-corrected chi connectivity index (χ2v) is 15.1. The van der Waals surface area contributed by atoms with Crippen molar-refractivity contribution in [1.29, 1.82) is 0 Å². The van der Waals surface area contributed by atoms with Crippen molar-refractivity contribution in [3.05, 3.63) is 185 Å². The third-order valence-corrected chi connectivity index (χ3v) is 12.0. The molecule has 0 N–H and O–H groups in total. The molecule has 2 nitrogen and oxygen atoms in total. The first kappa shape index (κ1) is 35.4. The highest BCUT2D eigenvalue weighted by atomic mass is 14.9. The Labute approximate surface area is 321 Å². The van der Waals surface area contributed by atoms with Crippen molar-refractivity contribution < 1.29 is 0 Å². The van der Waals surface area contributed by atoms with Gasteiger partial charge in [0.25, 0.3) is 0 Å². The average molecular weight is 703 g/mol. The minimum Gasteiger partial charge on any atom is -0.228 e. The van der Waals surface area contributed by atoms with Crippen molar-refractivity contribution in [2.45, 2.75) is 77.6 Å². The Balaban J connectivity index is 1.10. The first-order valence-electron chi connectivity index (χ1n) is 19.9. The fourth-order valence-electron chi connectivity index (χ4n) is 8.79. The molecule has 54 heavy (non-hydrogen) atoms. The molecule has 0 saturated carbocycles. The SMILES string of the molecule is CCC(CC)(c1ccc(/C(C)=C/C(C)c2cccc3c2C=CCC3)cc1)c1ccc(-c2cc(-c3cccc4ccccc34)nc(C3=CCCC=C3)n2)cc1. The van der Waals surface area contributed by atoms with E-state index in [0.29, 0.717) is 5.92 Å². The van der Waals surface area contributed by atoms with E-state index in [-0.39, 0.29) is 5.41 Å². The molecule has 8 rings (SSSR count). The number of allylic oxidation sites excluding steroid dienone is 7. The van der Waals surface area contributed by atoms with Gasteiger partial charge < -0.3 is 0 Å². The fraction of sp³-hybridized carbons (Fsp3) is 0.231. The van der Waals surface area contributed by atoms with E-state index in [9.17, 15) is 0 Å². The van der Waals surface area contributed by atoms with Crippen LogP contribution in [0.15, 0.2) is 146 Å². The molecule has 1 atom stereocenters. The Morgan fingerprint density at radius 3 is 2.19 bits per heavy atom. The third-order valence-electron chi connectivity index (χ3n) is 12.0. The summed E-state index contributed by atoms with van der Waals surface area (Å²) in [6.45, 7) is 9.24. The molecular formula is C52H50N2. The zero-order valence-electron chi connectivity index (χ0n) is 32.1. The summed E-state index contributed by atoms with van der Waals surface area (Å²) in [5, 5.41) is 2.42. The molecule has 2 aliphatic rings. The number of hydrogen-bond donors (Lipinski definition) is 0. The van der Waals surface area contributed by atoms with Crippen LogP contribution in [0, 0.1) is 0 Å². The van der Waals surface area contributed by atoms with Crippen LogP contribution in [0.1, 0.15) is 105 Å². The van der Waals surface area contributed by atoms with Crippen LogP contribution >= 0.6 is 0 Å². The summed E-state index contributed by atoms with van der Waals surface area (Å²) >= 11 is 0. The highest BCUT2D eigenvalue weighted by Crippen LogP contribution is 2.41. The van der Waals surface area contributed by atoms with Crippen LogP contribution in [0.25, 0.3) is 50.5 Å². The van der Waals surface area contributed by atoms with Gasteiger partial charge in [0.05, 0.1) is 11.4 Å². The van der Waals surface area contributed by atoms with Gasteiger partial charge in [0.2, 0.25) is 0 Å². The first-order valence-corrected chi connectivity index (χ1v) is 19.9. The van der Waals surface area contributed by atoms with Gasteiger partial charge >= 0.3 is 0 Å². The van der Waals surface area contributed by atoms with Crippen molar-refractivity contribution in [2.24, 2.45) is 0 Å². The standard InChI is InChI=1S/C52H50N2/c1-5-52(6-2,43-30-26-38(27-31-43)36(3)34-37(4)45-24-14-20-39-16-10-12-22-46(39)45)44-32-28-41(29-33-44)49-35-50(54-51(53-49)42-18-8-7-9-19-42)48-25-15-21-40-17-11-13-23-47(40)48/h8,11-15,17-35,37H,5-7,9-10,16H2,1-4H3/b36-34+. The zero-order valence-corrected chi connectivity index (χ0v) is 32.1. The van der Waals surface area contributed by atoms with Crippen LogP contribution in [-0.2, 0) is 11.8 Å². The number of aromatic nitrogens is 2. The van der Waals surface area contributed by atoms with Gasteiger partial charge in [-0.25, -0.2) is 9.97 Å². The molecule has 0 saturated heterocycles. The van der Waals surface area contributed by atoms with Gasteiger partial charge in [-0.3, -0.25) is 0 Å². The molecule has 2 heteroatoms. The number of benzene rings is 5. The zero-order chi connectivity index (χ0) is 37.1. The maximum atomic E-state index is 5.17. The molecule has 1 aromatic heterocycles. The molecule has 1 unspecified atom stereocenters. The molecule has 0 bridgehead atoms. The Morgan fingerprint density at radius 1 is 0.722 bits per heavy atom. The summed E-state index contributed by atoms with van der Waals surface area (Å²) in [4.78, 5) is 10.3. The maximum Gasteiger partial charge on any atom is 0.160 e. The first-order chi connectivity index (χ1) is 26.5. The van der Waals surface area contributed by atoms with E-state index in [0.717, 1.165) is 72.4 Å². The van der Waals surface area contributed by atoms with Gasteiger partial charge in [-0.15, -0.1) is 0 Å². The third kappa shape index (κ3) is 6.82. The summed E-state index contributed by atoms with van der Waals surface area (Å²) in [6.07, 6.45) is 20.1. The lowest BCUT2D eigenvalue weighted by Gasteiger charge is -2.33. The van der Waals surface area contributed by atoms with Gasteiger partial charge in [-0.1, -0.05) is 166 Å². The normalized spacial score (nSPS) is 14.9. The second-order valence-electron chi connectivity index (χ2n) is 15.1. The largest absolute Gasteiger partial charge is 0.228 e. The Bertz CT molecular complexity index is 2410. The van der Waals surface area contributed by atoms with E-state index >= 15 is 0 Å². The lowest BCUT2D eigenvalue weighted by molar-refractivity contribution is 0.478. The lowest BCUT2D eigenvalue weighted by Crippen LogP contribution is -2.26. The molecule has 0 amide bonds. The summed E-state index contributed by atoms with van der Waals surface area (Å²) in [7, 11) is 0. The van der Waals surface area contributed by atoms with E-state index in [1.165, 1.54) is 49.7 Å². The fourth-order valence-corrected chi connectivity index (χ4v) is 8.79.